The predicted octanol–water partition coefficient (Wildman–Crippen LogP) is 3.04. The lowest BCUT2D eigenvalue weighted by molar-refractivity contribution is -0.127. The highest BCUT2D eigenvalue weighted by atomic mass is 19.1. The van der Waals surface area contributed by atoms with Crippen LogP contribution in [0.25, 0.3) is 0 Å². The Morgan fingerprint density at radius 1 is 0.697 bits per heavy atom. The third-order valence-electron chi connectivity index (χ3n) is 4.57. The van der Waals surface area contributed by atoms with E-state index in [0.717, 1.165) is 0 Å². The van der Waals surface area contributed by atoms with Gasteiger partial charge in [-0.15, -0.1) is 0 Å². The average Bonchev–Trinajstić information content (AvgIpc) is 2.75. The maximum absolute atomic E-state index is 13.7. The molecule has 0 bridgehead atoms. The first kappa shape index (κ1) is 32.0. The van der Waals surface area contributed by atoms with E-state index in [1.165, 1.54) is 0 Å². The summed E-state index contributed by atoms with van der Waals surface area (Å²) in [5.41, 5.74) is -0.427. The fraction of sp³-hybridized carbons (Fsp3) is 0.917. The van der Waals surface area contributed by atoms with Crippen LogP contribution in [0.5, 0.6) is 0 Å². The Morgan fingerprint density at radius 2 is 1.09 bits per heavy atom. The van der Waals surface area contributed by atoms with Crippen molar-refractivity contribution in [2.45, 2.75) is 53.6 Å². The molecule has 1 unspecified atom stereocenters. The number of hydrogen-bond acceptors (Lipinski definition) is 8. The van der Waals surface area contributed by atoms with Crippen LogP contribution in [0, 0.1) is 11.3 Å². The van der Waals surface area contributed by atoms with Crippen LogP contribution >= 0.6 is 0 Å². The zero-order chi connectivity index (χ0) is 25.0. The molecule has 0 aliphatic rings. The van der Waals surface area contributed by atoms with Crippen LogP contribution in [0.4, 0.5) is 4.39 Å². The first-order chi connectivity index (χ1) is 15.6. The number of carbonyl (C=O) groups is 2. The summed E-state index contributed by atoms with van der Waals surface area (Å²) in [4.78, 5) is 23.1. The summed E-state index contributed by atoms with van der Waals surface area (Å²) in [6, 6.07) is 0. The van der Waals surface area contributed by atoms with Crippen molar-refractivity contribution in [3.63, 3.8) is 0 Å². The Labute approximate surface area is 198 Å². The van der Waals surface area contributed by atoms with Gasteiger partial charge < -0.3 is 28.4 Å². The van der Waals surface area contributed by atoms with Gasteiger partial charge in [-0.3, -0.25) is 9.59 Å². The number of ketones is 2. The molecular weight excluding hydrogens is 435 g/mol. The highest BCUT2D eigenvalue weighted by molar-refractivity contribution is 5.83. The number of hydrogen-bond donors (Lipinski definition) is 0. The molecule has 8 nitrogen and oxygen atoms in total. The Morgan fingerprint density at radius 3 is 1.48 bits per heavy atom. The molecule has 33 heavy (non-hydrogen) atoms. The second-order valence-corrected chi connectivity index (χ2v) is 9.01. The van der Waals surface area contributed by atoms with Crippen molar-refractivity contribution >= 4 is 11.6 Å². The van der Waals surface area contributed by atoms with E-state index in [9.17, 15) is 14.0 Å². The SMILES string of the molecule is CC(C)C(=O)COCCOCCOCCOCCOCCOCC(F)CCC(=O)C(C)(C)C. The van der Waals surface area contributed by atoms with Crippen molar-refractivity contribution in [1.29, 1.82) is 0 Å². The normalized spacial score (nSPS) is 12.9. The largest absolute Gasteiger partial charge is 0.377 e. The molecule has 196 valence electrons. The van der Waals surface area contributed by atoms with Gasteiger partial charge in [0.25, 0.3) is 0 Å². The summed E-state index contributed by atoms with van der Waals surface area (Å²) < 4.78 is 45.7. The lowest BCUT2D eigenvalue weighted by Crippen LogP contribution is -2.22. The molecule has 0 aromatic heterocycles. The van der Waals surface area contributed by atoms with Gasteiger partial charge in [0.05, 0.1) is 72.7 Å². The monoisotopic (exact) mass is 480 g/mol. The Hall–Kier alpha value is -0.970. The van der Waals surface area contributed by atoms with E-state index < -0.39 is 11.6 Å². The first-order valence-electron chi connectivity index (χ1n) is 11.8. The van der Waals surface area contributed by atoms with E-state index in [1.54, 1.807) is 0 Å². The van der Waals surface area contributed by atoms with Gasteiger partial charge in [0.15, 0.2) is 5.78 Å². The van der Waals surface area contributed by atoms with E-state index in [4.69, 9.17) is 28.4 Å². The van der Waals surface area contributed by atoms with Crippen molar-refractivity contribution in [1.82, 2.24) is 0 Å². The molecule has 0 heterocycles. The summed E-state index contributed by atoms with van der Waals surface area (Å²) in [7, 11) is 0. The number of ether oxygens (including phenoxy) is 6. The van der Waals surface area contributed by atoms with E-state index >= 15 is 0 Å². The van der Waals surface area contributed by atoms with Gasteiger partial charge in [-0.25, -0.2) is 4.39 Å². The minimum Gasteiger partial charge on any atom is -0.377 e. The van der Waals surface area contributed by atoms with Crippen LogP contribution in [0.3, 0.4) is 0 Å². The van der Waals surface area contributed by atoms with Gasteiger partial charge in [0.1, 0.15) is 18.6 Å². The third-order valence-corrected chi connectivity index (χ3v) is 4.57. The van der Waals surface area contributed by atoms with Gasteiger partial charge >= 0.3 is 0 Å². The van der Waals surface area contributed by atoms with Gasteiger partial charge in [0, 0.05) is 17.8 Å². The first-order valence-corrected chi connectivity index (χ1v) is 11.8. The summed E-state index contributed by atoms with van der Waals surface area (Å²) in [6.07, 6.45) is -0.720. The molecule has 9 heteroatoms. The molecule has 0 amide bonds. The van der Waals surface area contributed by atoms with E-state index in [0.29, 0.717) is 66.1 Å². The van der Waals surface area contributed by atoms with Crippen LogP contribution in [0.15, 0.2) is 0 Å². The molecule has 0 aromatic carbocycles. The van der Waals surface area contributed by atoms with Crippen LogP contribution in [0.2, 0.25) is 0 Å². The van der Waals surface area contributed by atoms with Gasteiger partial charge in [-0.2, -0.15) is 0 Å². The molecule has 0 N–H and O–H groups in total. The van der Waals surface area contributed by atoms with Crippen molar-refractivity contribution in [2.24, 2.45) is 11.3 Å². The van der Waals surface area contributed by atoms with E-state index in [-0.39, 0.29) is 43.5 Å². The lowest BCUT2D eigenvalue weighted by Gasteiger charge is -2.17. The van der Waals surface area contributed by atoms with Crippen LogP contribution in [-0.2, 0) is 38.0 Å². The maximum Gasteiger partial charge on any atom is 0.160 e. The Bertz CT molecular complexity index is 493. The smallest absolute Gasteiger partial charge is 0.160 e. The highest BCUT2D eigenvalue weighted by Crippen LogP contribution is 2.18. The van der Waals surface area contributed by atoms with E-state index in [1.807, 2.05) is 34.6 Å². The van der Waals surface area contributed by atoms with Crippen molar-refractivity contribution in [3.8, 4) is 0 Å². The molecule has 1 atom stereocenters. The number of alkyl halides is 1. The zero-order valence-electron chi connectivity index (χ0n) is 21.2. The standard InChI is InChI=1S/C24H45FO8/c1-20(2)22(26)19-33-17-15-31-13-11-29-9-8-28-10-12-30-14-16-32-18-21(25)6-7-23(27)24(3,4)5/h20-21H,6-19H2,1-5H3. The molecule has 0 aliphatic carbocycles. The van der Waals surface area contributed by atoms with Crippen LogP contribution in [-0.4, -0.2) is 97.0 Å². The quantitative estimate of drug-likeness (QED) is 0.206. The Balaban J connectivity index is 3.25. The second kappa shape index (κ2) is 20.4. The molecule has 0 aliphatic heterocycles. The molecular formula is C24H45FO8. The topological polar surface area (TPSA) is 89.5 Å². The lowest BCUT2D eigenvalue weighted by atomic mass is 9.88. The number of halogens is 1. The second-order valence-electron chi connectivity index (χ2n) is 9.01. The Kier molecular flexibility index (Phi) is 19.8. The molecule has 0 spiro atoms. The van der Waals surface area contributed by atoms with Crippen LogP contribution < -0.4 is 0 Å². The van der Waals surface area contributed by atoms with Crippen molar-refractivity contribution in [3.05, 3.63) is 0 Å². The van der Waals surface area contributed by atoms with Crippen molar-refractivity contribution < 1.29 is 42.4 Å². The minimum absolute atomic E-state index is 0.00856. The summed E-state index contributed by atoms with van der Waals surface area (Å²) >= 11 is 0. The maximum atomic E-state index is 13.7. The average molecular weight is 481 g/mol. The summed E-state index contributed by atoms with van der Waals surface area (Å²) in [5, 5.41) is 0. The highest BCUT2D eigenvalue weighted by Gasteiger charge is 2.22. The van der Waals surface area contributed by atoms with E-state index in [2.05, 4.69) is 0 Å². The molecule has 0 radical (unpaired) electrons. The molecule has 0 rings (SSSR count). The molecule has 0 aromatic rings. The van der Waals surface area contributed by atoms with Gasteiger partial charge in [-0.1, -0.05) is 34.6 Å². The minimum atomic E-state index is -1.14. The summed E-state index contributed by atoms with van der Waals surface area (Å²) in [6.45, 7) is 13.5. The number of rotatable bonds is 23. The fourth-order valence-electron chi connectivity index (χ4n) is 2.29. The zero-order valence-corrected chi connectivity index (χ0v) is 21.2. The number of carbonyl (C=O) groups excluding carboxylic acids is 2. The molecule has 0 saturated heterocycles. The fourth-order valence-corrected chi connectivity index (χ4v) is 2.29. The van der Waals surface area contributed by atoms with Gasteiger partial charge in [-0.05, 0) is 6.42 Å². The molecule has 0 saturated carbocycles. The molecule has 0 fully saturated rings. The third kappa shape index (κ3) is 21.3. The van der Waals surface area contributed by atoms with Crippen LogP contribution in [0.1, 0.15) is 47.5 Å². The number of Topliss-reactive ketones (excluding diaryl/α,β-unsaturated/α-hetero) is 2. The van der Waals surface area contributed by atoms with Gasteiger partial charge in [0.2, 0.25) is 0 Å². The predicted molar refractivity (Wildman–Crippen MR) is 123 cm³/mol. The summed E-state index contributed by atoms with van der Waals surface area (Å²) in [5.74, 6) is 0.139. The van der Waals surface area contributed by atoms with Crippen molar-refractivity contribution in [2.75, 3.05) is 79.3 Å².